The molecule has 146 valence electrons. The van der Waals surface area contributed by atoms with Crippen LogP contribution in [0.2, 0.25) is 0 Å². The van der Waals surface area contributed by atoms with Gasteiger partial charge in [0.25, 0.3) is 0 Å². The molecule has 0 aliphatic heterocycles. The van der Waals surface area contributed by atoms with E-state index in [9.17, 15) is 4.79 Å². The Kier molecular flexibility index (Phi) is 8.35. The second kappa shape index (κ2) is 9.99. The smallest absolute Gasteiger partial charge is 0.241 e. The Morgan fingerprint density at radius 2 is 1.96 bits per heavy atom. The quantitative estimate of drug-likeness (QED) is 0.572. The third-order valence-electron chi connectivity index (χ3n) is 3.21. The third kappa shape index (κ3) is 9.25. The van der Waals surface area contributed by atoms with E-state index in [1.165, 1.54) is 0 Å². The van der Waals surface area contributed by atoms with Crippen molar-refractivity contribution >= 4 is 11.9 Å². The van der Waals surface area contributed by atoms with Gasteiger partial charge in [0.2, 0.25) is 11.8 Å². The molecular weight excluding hydrogens is 330 g/mol. The standard InChI is InChI=1S/C19H33N5O2/c1-14(2)10-21-18(23-13-17(25)24(6)7)22-12-15-8-9-16(20-11-15)26-19(3,4)5/h8-9,11,14H,10,12-13H2,1-7H3,(H2,21,22,23). The summed E-state index contributed by atoms with van der Waals surface area (Å²) < 4.78 is 5.72. The van der Waals surface area contributed by atoms with E-state index in [4.69, 9.17) is 4.74 Å². The molecule has 0 aliphatic carbocycles. The number of nitrogens with one attached hydrogen (secondary N) is 2. The summed E-state index contributed by atoms with van der Waals surface area (Å²) in [6.07, 6.45) is 1.76. The molecule has 7 heteroatoms. The van der Waals surface area contributed by atoms with Crippen LogP contribution in [0.5, 0.6) is 5.88 Å². The van der Waals surface area contributed by atoms with Gasteiger partial charge in [-0.2, -0.15) is 0 Å². The molecular formula is C19H33N5O2. The zero-order valence-electron chi connectivity index (χ0n) is 17.1. The molecule has 1 aromatic heterocycles. The maximum absolute atomic E-state index is 11.8. The maximum atomic E-state index is 11.8. The predicted octanol–water partition coefficient (Wildman–Crippen LogP) is 2.04. The summed E-state index contributed by atoms with van der Waals surface area (Å²) in [5.74, 6) is 1.68. The lowest BCUT2D eigenvalue weighted by Gasteiger charge is -2.20. The normalized spacial score (nSPS) is 12.1. The summed E-state index contributed by atoms with van der Waals surface area (Å²) in [6.45, 7) is 11.6. The van der Waals surface area contributed by atoms with Crippen molar-refractivity contribution in [2.24, 2.45) is 10.9 Å². The number of ether oxygens (including phenoxy) is 1. The first-order valence-electron chi connectivity index (χ1n) is 8.93. The van der Waals surface area contributed by atoms with Crippen LogP contribution in [0, 0.1) is 5.92 Å². The van der Waals surface area contributed by atoms with Crippen molar-refractivity contribution in [2.45, 2.75) is 46.8 Å². The van der Waals surface area contributed by atoms with Gasteiger partial charge in [-0.25, -0.2) is 9.98 Å². The highest BCUT2D eigenvalue weighted by molar-refractivity contribution is 5.86. The number of carbonyl (C=O) groups excluding carboxylic acids is 1. The lowest BCUT2D eigenvalue weighted by molar-refractivity contribution is -0.127. The monoisotopic (exact) mass is 363 g/mol. The van der Waals surface area contributed by atoms with Gasteiger partial charge in [0, 0.05) is 32.9 Å². The van der Waals surface area contributed by atoms with Crippen LogP contribution in [0.4, 0.5) is 0 Å². The van der Waals surface area contributed by atoms with E-state index in [0.717, 1.165) is 12.1 Å². The fourth-order valence-electron chi connectivity index (χ4n) is 1.84. The van der Waals surface area contributed by atoms with Gasteiger partial charge in [0.1, 0.15) is 5.60 Å². The zero-order valence-corrected chi connectivity index (χ0v) is 17.1. The fraction of sp³-hybridized carbons (Fsp3) is 0.632. The number of pyridine rings is 1. The number of rotatable bonds is 7. The number of guanidine groups is 1. The molecule has 0 bridgehead atoms. The van der Waals surface area contributed by atoms with Gasteiger partial charge in [0.05, 0.1) is 13.1 Å². The Balaban J connectivity index is 2.70. The van der Waals surface area contributed by atoms with Gasteiger partial charge >= 0.3 is 0 Å². The number of amides is 1. The minimum atomic E-state index is -0.274. The van der Waals surface area contributed by atoms with Crippen molar-refractivity contribution in [2.75, 3.05) is 27.2 Å². The largest absolute Gasteiger partial charge is 0.472 e. The van der Waals surface area contributed by atoms with E-state index in [1.807, 2.05) is 32.9 Å². The van der Waals surface area contributed by atoms with E-state index in [2.05, 4.69) is 34.5 Å². The van der Waals surface area contributed by atoms with Crippen molar-refractivity contribution in [3.8, 4) is 5.88 Å². The van der Waals surface area contributed by atoms with E-state index in [1.54, 1.807) is 25.2 Å². The summed E-state index contributed by atoms with van der Waals surface area (Å²) in [5, 5.41) is 6.32. The van der Waals surface area contributed by atoms with E-state index in [0.29, 0.717) is 24.3 Å². The van der Waals surface area contributed by atoms with Crippen molar-refractivity contribution < 1.29 is 9.53 Å². The van der Waals surface area contributed by atoms with Crippen LogP contribution in [0.3, 0.4) is 0 Å². The predicted molar refractivity (Wildman–Crippen MR) is 105 cm³/mol. The number of aliphatic imine (C=N–C) groups is 1. The first-order valence-corrected chi connectivity index (χ1v) is 8.93. The Morgan fingerprint density at radius 3 is 2.46 bits per heavy atom. The molecule has 1 aromatic rings. The van der Waals surface area contributed by atoms with E-state index < -0.39 is 0 Å². The lowest BCUT2D eigenvalue weighted by atomic mass is 10.2. The molecule has 26 heavy (non-hydrogen) atoms. The van der Waals surface area contributed by atoms with Crippen molar-refractivity contribution in [3.63, 3.8) is 0 Å². The highest BCUT2D eigenvalue weighted by atomic mass is 16.5. The van der Waals surface area contributed by atoms with Crippen LogP contribution in [0.15, 0.2) is 23.3 Å². The molecule has 0 aromatic carbocycles. The SMILES string of the molecule is CC(C)CNC(=NCc1ccc(OC(C)(C)C)nc1)NCC(=O)N(C)C. The molecule has 7 nitrogen and oxygen atoms in total. The van der Waals surface area contributed by atoms with Gasteiger partial charge in [-0.3, -0.25) is 4.79 Å². The van der Waals surface area contributed by atoms with Crippen molar-refractivity contribution in [3.05, 3.63) is 23.9 Å². The highest BCUT2D eigenvalue weighted by Gasteiger charge is 2.12. The van der Waals surface area contributed by atoms with E-state index in [-0.39, 0.29) is 18.1 Å². The summed E-state index contributed by atoms with van der Waals surface area (Å²) >= 11 is 0. The van der Waals surface area contributed by atoms with Gasteiger partial charge in [-0.1, -0.05) is 19.9 Å². The zero-order chi connectivity index (χ0) is 19.7. The van der Waals surface area contributed by atoms with Gasteiger partial charge in [0.15, 0.2) is 5.96 Å². The summed E-state index contributed by atoms with van der Waals surface area (Å²) in [4.78, 5) is 22.2. The fourth-order valence-corrected chi connectivity index (χ4v) is 1.84. The van der Waals surface area contributed by atoms with Gasteiger partial charge in [-0.05, 0) is 32.3 Å². The topological polar surface area (TPSA) is 78.9 Å². The second-order valence-corrected chi connectivity index (χ2v) is 7.80. The molecule has 0 saturated heterocycles. The average Bonchev–Trinajstić information content (AvgIpc) is 2.53. The third-order valence-corrected chi connectivity index (χ3v) is 3.21. The molecule has 0 saturated carbocycles. The number of likely N-dealkylation sites (N-methyl/N-ethyl adjacent to an activating group) is 1. The molecule has 0 spiro atoms. The average molecular weight is 364 g/mol. The lowest BCUT2D eigenvalue weighted by Crippen LogP contribution is -2.44. The number of hydrogen-bond donors (Lipinski definition) is 2. The van der Waals surface area contributed by atoms with Crippen LogP contribution in [-0.2, 0) is 11.3 Å². The van der Waals surface area contributed by atoms with Crippen LogP contribution in [0.1, 0.15) is 40.2 Å². The molecule has 0 aliphatic rings. The molecule has 2 N–H and O–H groups in total. The Bertz CT molecular complexity index is 589. The Hall–Kier alpha value is -2.31. The van der Waals surface area contributed by atoms with Crippen molar-refractivity contribution in [1.29, 1.82) is 0 Å². The summed E-state index contributed by atoms with van der Waals surface area (Å²) in [5.41, 5.74) is 0.694. The molecule has 0 atom stereocenters. The molecule has 1 heterocycles. The Morgan fingerprint density at radius 1 is 1.27 bits per heavy atom. The molecule has 0 fully saturated rings. The van der Waals surface area contributed by atoms with Crippen LogP contribution < -0.4 is 15.4 Å². The van der Waals surface area contributed by atoms with Crippen LogP contribution in [-0.4, -0.2) is 54.5 Å². The summed E-state index contributed by atoms with van der Waals surface area (Å²) in [6, 6.07) is 3.79. The number of hydrogen-bond acceptors (Lipinski definition) is 4. The number of carbonyl (C=O) groups is 1. The molecule has 0 unspecified atom stereocenters. The molecule has 0 radical (unpaired) electrons. The van der Waals surface area contributed by atoms with Gasteiger partial charge in [-0.15, -0.1) is 0 Å². The minimum Gasteiger partial charge on any atom is -0.472 e. The molecule has 1 amide bonds. The van der Waals surface area contributed by atoms with E-state index >= 15 is 0 Å². The number of aromatic nitrogens is 1. The first kappa shape index (κ1) is 21.7. The molecule has 1 rings (SSSR count). The highest BCUT2D eigenvalue weighted by Crippen LogP contribution is 2.15. The Labute approximate surface area is 157 Å². The van der Waals surface area contributed by atoms with Crippen LogP contribution in [0.25, 0.3) is 0 Å². The van der Waals surface area contributed by atoms with Gasteiger partial charge < -0.3 is 20.3 Å². The second-order valence-electron chi connectivity index (χ2n) is 7.80. The van der Waals surface area contributed by atoms with Crippen LogP contribution >= 0.6 is 0 Å². The number of nitrogens with zero attached hydrogens (tertiary/aromatic N) is 3. The van der Waals surface area contributed by atoms with Crippen molar-refractivity contribution in [1.82, 2.24) is 20.5 Å². The maximum Gasteiger partial charge on any atom is 0.241 e. The first-order chi connectivity index (χ1) is 12.1. The minimum absolute atomic E-state index is 0.00519. The summed E-state index contributed by atoms with van der Waals surface area (Å²) in [7, 11) is 3.46.